The van der Waals surface area contributed by atoms with Crippen molar-refractivity contribution in [3.63, 3.8) is 0 Å². The number of nitrogens with two attached hydrogens (primary N) is 1. The zero-order valence-electron chi connectivity index (χ0n) is 11.0. The molecular weight excluding hydrogens is 248 g/mol. The van der Waals surface area contributed by atoms with Crippen LogP contribution in [0.15, 0.2) is 0 Å². The lowest BCUT2D eigenvalue weighted by Gasteiger charge is -2.18. The number of rotatable bonds is 4. The monoisotopic (exact) mass is 268 g/mol. The first-order valence-corrected chi connectivity index (χ1v) is 6.98. The minimum atomic E-state index is -0.135. The molecule has 0 spiro atoms. The number of anilines is 2. The molecule has 6 heteroatoms. The van der Waals surface area contributed by atoms with Gasteiger partial charge in [-0.1, -0.05) is 32.1 Å². The highest BCUT2D eigenvalue weighted by Gasteiger charge is 2.24. The Bertz CT molecular complexity index is 445. The third kappa shape index (κ3) is 3.60. The Labute approximate surface area is 111 Å². The van der Waals surface area contributed by atoms with Crippen LogP contribution < -0.4 is 16.4 Å². The lowest BCUT2D eigenvalue weighted by molar-refractivity contribution is 0.0944. The van der Waals surface area contributed by atoms with Crippen LogP contribution in [0.3, 0.4) is 0 Å². The number of carbonyl (C=O) groups is 1. The molecule has 0 saturated heterocycles. The van der Waals surface area contributed by atoms with Crippen molar-refractivity contribution in [1.82, 2.24) is 10.3 Å². The molecular formula is C12H20N4OS. The van der Waals surface area contributed by atoms with E-state index in [-0.39, 0.29) is 11.3 Å². The second-order valence-corrected chi connectivity index (χ2v) is 6.89. The Morgan fingerprint density at radius 3 is 2.72 bits per heavy atom. The molecule has 1 heterocycles. The minimum Gasteiger partial charge on any atom is -0.382 e. The average molecular weight is 268 g/mol. The normalized spacial score (nSPS) is 15.5. The van der Waals surface area contributed by atoms with Gasteiger partial charge in [0.2, 0.25) is 0 Å². The van der Waals surface area contributed by atoms with E-state index in [1.165, 1.54) is 24.2 Å². The summed E-state index contributed by atoms with van der Waals surface area (Å²) in [4.78, 5) is 16.7. The van der Waals surface area contributed by atoms with Crippen LogP contribution in [-0.2, 0) is 0 Å². The van der Waals surface area contributed by atoms with Gasteiger partial charge in [0.25, 0.3) is 5.91 Å². The third-order valence-electron chi connectivity index (χ3n) is 2.54. The van der Waals surface area contributed by atoms with Gasteiger partial charge in [0, 0.05) is 12.6 Å². The summed E-state index contributed by atoms with van der Waals surface area (Å²) in [5.41, 5.74) is 5.84. The minimum absolute atomic E-state index is 0.0597. The Morgan fingerprint density at radius 2 is 2.17 bits per heavy atom. The topological polar surface area (TPSA) is 80.0 Å². The molecule has 1 saturated carbocycles. The molecule has 0 unspecified atom stereocenters. The lowest BCUT2D eigenvalue weighted by Crippen LogP contribution is -2.32. The first-order valence-electron chi connectivity index (χ1n) is 6.16. The number of nitrogen functional groups attached to an aromatic ring is 1. The molecule has 0 atom stereocenters. The largest absolute Gasteiger partial charge is 0.382 e. The van der Waals surface area contributed by atoms with E-state index in [4.69, 9.17) is 5.73 Å². The molecule has 0 aromatic carbocycles. The summed E-state index contributed by atoms with van der Waals surface area (Å²) in [5.74, 6) is 0.179. The van der Waals surface area contributed by atoms with Crippen LogP contribution in [0.5, 0.6) is 0 Å². The maximum Gasteiger partial charge on any atom is 0.265 e. The van der Waals surface area contributed by atoms with E-state index >= 15 is 0 Å². The Hall–Kier alpha value is -1.30. The van der Waals surface area contributed by atoms with Gasteiger partial charge in [0.15, 0.2) is 5.13 Å². The zero-order chi connectivity index (χ0) is 13.3. The van der Waals surface area contributed by atoms with Gasteiger partial charge in [-0.15, -0.1) is 0 Å². The van der Waals surface area contributed by atoms with Crippen molar-refractivity contribution in [2.75, 3.05) is 17.6 Å². The van der Waals surface area contributed by atoms with Gasteiger partial charge in [-0.25, -0.2) is 4.98 Å². The summed E-state index contributed by atoms with van der Waals surface area (Å²) in [7, 11) is 0. The number of carbonyl (C=O) groups excluding carboxylic acids is 1. The van der Waals surface area contributed by atoms with Gasteiger partial charge in [-0.2, -0.15) is 0 Å². The molecule has 100 valence electrons. The van der Waals surface area contributed by atoms with Gasteiger partial charge >= 0.3 is 0 Å². The first-order chi connectivity index (χ1) is 8.35. The van der Waals surface area contributed by atoms with Gasteiger partial charge in [0.1, 0.15) is 10.7 Å². The predicted molar refractivity (Wildman–Crippen MR) is 75.0 cm³/mol. The van der Waals surface area contributed by atoms with Gasteiger partial charge < -0.3 is 16.4 Å². The zero-order valence-corrected chi connectivity index (χ0v) is 11.9. The van der Waals surface area contributed by atoms with Crippen molar-refractivity contribution in [1.29, 1.82) is 0 Å². The Balaban J connectivity index is 1.98. The number of amides is 1. The van der Waals surface area contributed by atoms with E-state index in [0.717, 1.165) is 5.13 Å². The number of thiazole rings is 1. The van der Waals surface area contributed by atoms with Gasteiger partial charge in [-0.05, 0) is 18.3 Å². The number of aromatic nitrogens is 1. The van der Waals surface area contributed by atoms with Crippen LogP contribution in [0.25, 0.3) is 0 Å². The van der Waals surface area contributed by atoms with Crippen LogP contribution in [-0.4, -0.2) is 23.5 Å². The predicted octanol–water partition coefficient (Wildman–Crippen LogP) is 2.08. The number of hydrogen-bond acceptors (Lipinski definition) is 5. The van der Waals surface area contributed by atoms with Crippen LogP contribution in [0.4, 0.5) is 10.9 Å². The van der Waals surface area contributed by atoms with E-state index in [1.54, 1.807) is 0 Å². The second-order valence-electron chi connectivity index (χ2n) is 5.90. The quantitative estimate of drug-likeness (QED) is 0.781. The molecule has 1 fully saturated rings. The van der Waals surface area contributed by atoms with Crippen LogP contribution in [0, 0.1) is 5.41 Å². The molecule has 5 nitrogen and oxygen atoms in total. The van der Waals surface area contributed by atoms with Gasteiger partial charge in [0.05, 0.1) is 0 Å². The molecule has 2 rings (SSSR count). The molecule has 4 N–H and O–H groups in total. The molecule has 0 radical (unpaired) electrons. The van der Waals surface area contributed by atoms with Crippen molar-refractivity contribution in [3.05, 3.63) is 4.88 Å². The fraction of sp³-hybridized carbons (Fsp3) is 0.667. The maximum atomic E-state index is 12.0. The summed E-state index contributed by atoms with van der Waals surface area (Å²) in [6.07, 6.45) is 2.34. The summed E-state index contributed by atoms with van der Waals surface area (Å²) >= 11 is 1.33. The molecule has 1 aromatic rings. The van der Waals surface area contributed by atoms with Crippen LogP contribution in [0.2, 0.25) is 0 Å². The van der Waals surface area contributed by atoms with Crippen molar-refractivity contribution < 1.29 is 4.79 Å². The van der Waals surface area contributed by atoms with E-state index < -0.39 is 0 Å². The Kier molecular flexibility index (Phi) is 3.47. The van der Waals surface area contributed by atoms with Crippen LogP contribution >= 0.6 is 11.3 Å². The molecule has 0 bridgehead atoms. The summed E-state index contributed by atoms with van der Waals surface area (Å²) in [6.45, 7) is 6.84. The summed E-state index contributed by atoms with van der Waals surface area (Å²) in [5, 5.41) is 6.88. The SMILES string of the molecule is CC(C)(C)CNC(=O)c1sc(NC2CC2)nc1N. The lowest BCUT2D eigenvalue weighted by atomic mass is 9.97. The smallest absolute Gasteiger partial charge is 0.265 e. The molecule has 1 aliphatic carbocycles. The van der Waals surface area contributed by atoms with Gasteiger partial charge in [-0.3, -0.25) is 4.79 Å². The molecule has 1 aliphatic rings. The molecule has 1 aromatic heterocycles. The number of hydrogen-bond donors (Lipinski definition) is 3. The van der Waals surface area contributed by atoms with E-state index in [9.17, 15) is 4.79 Å². The summed E-state index contributed by atoms with van der Waals surface area (Å²) < 4.78 is 0. The van der Waals surface area contributed by atoms with Crippen molar-refractivity contribution >= 4 is 28.2 Å². The highest BCUT2D eigenvalue weighted by Crippen LogP contribution is 2.30. The molecule has 0 aliphatic heterocycles. The van der Waals surface area contributed by atoms with Crippen molar-refractivity contribution in [2.24, 2.45) is 5.41 Å². The number of nitrogens with zero attached hydrogens (tertiary/aromatic N) is 1. The standard InChI is InChI=1S/C12H20N4OS/c1-12(2,3)6-14-10(17)8-9(13)16-11(18-8)15-7-4-5-7/h7H,4-6,13H2,1-3H3,(H,14,17)(H,15,16). The maximum absolute atomic E-state index is 12.0. The fourth-order valence-electron chi connectivity index (χ4n) is 1.38. The fourth-order valence-corrected chi connectivity index (χ4v) is 2.26. The summed E-state index contributed by atoms with van der Waals surface area (Å²) in [6, 6.07) is 0.515. The van der Waals surface area contributed by atoms with E-state index in [1.807, 2.05) is 0 Å². The van der Waals surface area contributed by atoms with E-state index in [0.29, 0.717) is 23.3 Å². The highest BCUT2D eigenvalue weighted by atomic mass is 32.1. The average Bonchev–Trinajstić information content (AvgIpc) is 2.97. The molecule has 1 amide bonds. The van der Waals surface area contributed by atoms with Crippen molar-refractivity contribution in [2.45, 2.75) is 39.7 Å². The van der Waals surface area contributed by atoms with E-state index in [2.05, 4.69) is 36.4 Å². The molecule has 18 heavy (non-hydrogen) atoms. The Morgan fingerprint density at radius 1 is 1.50 bits per heavy atom. The first kappa shape index (κ1) is 13.1. The second kappa shape index (κ2) is 4.76. The van der Waals surface area contributed by atoms with Crippen molar-refractivity contribution in [3.8, 4) is 0 Å². The third-order valence-corrected chi connectivity index (χ3v) is 3.54. The number of nitrogens with one attached hydrogen (secondary N) is 2. The van der Waals surface area contributed by atoms with Crippen LogP contribution in [0.1, 0.15) is 43.3 Å². The highest BCUT2D eigenvalue weighted by molar-refractivity contribution is 7.18.